The summed E-state index contributed by atoms with van der Waals surface area (Å²) in [5, 5.41) is 2.96. The number of carbonyl (C=O) groups is 1. The summed E-state index contributed by atoms with van der Waals surface area (Å²) in [6, 6.07) is 9.60. The van der Waals surface area contributed by atoms with Gasteiger partial charge in [0.15, 0.2) is 0 Å². The van der Waals surface area contributed by atoms with Gasteiger partial charge in [-0.1, -0.05) is 18.2 Å². The summed E-state index contributed by atoms with van der Waals surface area (Å²) in [5.74, 6) is 0. The van der Waals surface area contributed by atoms with Gasteiger partial charge in [-0.05, 0) is 45.5 Å². The number of para-hydroxylation sites is 1. The van der Waals surface area contributed by atoms with E-state index in [2.05, 4.69) is 24.3 Å². The number of rotatable bonds is 5. The van der Waals surface area contributed by atoms with E-state index in [0.717, 1.165) is 44.6 Å². The molecule has 1 N–H and O–H groups in total. The first-order valence-electron chi connectivity index (χ1n) is 7.85. The first kappa shape index (κ1) is 16.8. The van der Waals surface area contributed by atoms with E-state index < -0.39 is 0 Å². The maximum absolute atomic E-state index is 12.3. The summed E-state index contributed by atoms with van der Waals surface area (Å²) in [6.45, 7) is 2.31. The number of anilines is 1. The molecule has 22 heavy (non-hydrogen) atoms. The lowest BCUT2D eigenvalue weighted by Crippen LogP contribution is -2.54. The van der Waals surface area contributed by atoms with E-state index >= 15 is 0 Å². The van der Waals surface area contributed by atoms with Crippen LogP contribution in [0.25, 0.3) is 0 Å². The van der Waals surface area contributed by atoms with Crippen molar-refractivity contribution in [3.63, 3.8) is 0 Å². The van der Waals surface area contributed by atoms with Crippen LogP contribution < -0.4 is 5.32 Å². The average molecular weight is 305 g/mol. The third-order valence-corrected chi connectivity index (χ3v) is 4.73. The fourth-order valence-electron chi connectivity index (χ4n) is 3.06. The van der Waals surface area contributed by atoms with E-state index in [1.807, 2.05) is 35.2 Å². The molecule has 0 spiro atoms. The number of carbonyl (C=O) groups excluding carboxylic acids is 1. The molecule has 1 heterocycles. The standard InChI is InChI=1S/C17H27N3O2/c1-19(2)17(11-14-22-3)9-12-20(13-10-17)16(21)18-15-7-5-4-6-8-15/h4-8H,9-14H2,1-3H3,(H,18,21). The average Bonchev–Trinajstić information content (AvgIpc) is 2.54. The molecule has 0 saturated carbocycles. The summed E-state index contributed by atoms with van der Waals surface area (Å²) in [6.07, 6.45) is 2.96. The van der Waals surface area contributed by atoms with Crippen LogP contribution >= 0.6 is 0 Å². The van der Waals surface area contributed by atoms with Crippen LogP contribution in [0.3, 0.4) is 0 Å². The predicted octanol–water partition coefficient (Wildman–Crippen LogP) is 2.65. The second-order valence-electron chi connectivity index (χ2n) is 6.14. The van der Waals surface area contributed by atoms with E-state index in [1.54, 1.807) is 7.11 Å². The molecule has 1 saturated heterocycles. The molecule has 1 aromatic rings. The summed E-state index contributed by atoms with van der Waals surface area (Å²) in [4.78, 5) is 16.5. The third kappa shape index (κ3) is 3.99. The van der Waals surface area contributed by atoms with Crippen LogP contribution in [0.2, 0.25) is 0 Å². The van der Waals surface area contributed by atoms with E-state index in [-0.39, 0.29) is 11.6 Å². The predicted molar refractivity (Wildman–Crippen MR) is 89.2 cm³/mol. The summed E-state index contributed by atoms with van der Waals surface area (Å²) in [5.41, 5.74) is 0.982. The summed E-state index contributed by atoms with van der Waals surface area (Å²) < 4.78 is 5.25. The normalized spacial score (nSPS) is 17.5. The summed E-state index contributed by atoms with van der Waals surface area (Å²) >= 11 is 0. The number of urea groups is 1. The van der Waals surface area contributed by atoms with Crippen LogP contribution in [0.5, 0.6) is 0 Å². The Morgan fingerprint density at radius 3 is 2.45 bits per heavy atom. The maximum atomic E-state index is 12.3. The molecule has 0 aromatic heterocycles. The van der Waals surface area contributed by atoms with Crippen molar-refractivity contribution in [2.24, 2.45) is 0 Å². The topological polar surface area (TPSA) is 44.8 Å². The van der Waals surface area contributed by atoms with Gasteiger partial charge in [0.05, 0.1) is 0 Å². The quantitative estimate of drug-likeness (QED) is 0.909. The van der Waals surface area contributed by atoms with Crippen molar-refractivity contribution >= 4 is 11.7 Å². The second-order valence-corrected chi connectivity index (χ2v) is 6.14. The van der Waals surface area contributed by atoms with E-state index in [9.17, 15) is 4.79 Å². The number of nitrogens with zero attached hydrogens (tertiary/aromatic N) is 2. The lowest BCUT2D eigenvalue weighted by Gasteiger charge is -2.46. The van der Waals surface area contributed by atoms with Crippen molar-refractivity contribution in [1.29, 1.82) is 0 Å². The van der Waals surface area contributed by atoms with E-state index in [1.165, 1.54) is 0 Å². The van der Waals surface area contributed by atoms with Crippen LogP contribution in [-0.4, -0.2) is 62.3 Å². The first-order chi connectivity index (χ1) is 10.6. The zero-order valence-electron chi connectivity index (χ0n) is 13.8. The highest BCUT2D eigenvalue weighted by atomic mass is 16.5. The number of piperidine rings is 1. The monoisotopic (exact) mass is 305 g/mol. The van der Waals surface area contributed by atoms with Gasteiger partial charge in [-0.3, -0.25) is 0 Å². The van der Waals surface area contributed by atoms with Gasteiger partial charge in [0.25, 0.3) is 0 Å². The molecule has 5 nitrogen and oxygen atoms in total. The van der Waals surface area contributed by atoms with Gasteiger partial charge in [-0.2, -0.15) is 0 Å². The molecule has 1 aliphatic heterocycles. The van der Waals surface area contributed by atoms with Gasteiger partial charge in [0.1, 0.15) is 0 Å². The molecule has 0 bridgehead atoms. The molecule has 1 fully saturated rings. The Balaban J connectivity index is 1.91. The minimum absolute atomic E-state index is 0.00898. The summed E-state index contributed by atoms with van der Waals surface area (Å²) in [7, 11) is 5.98. The molecule has 0 unspecified atom stereocenters. The highest BCUT2D eigenvalue weighted by molar-refractivity contribution is 5.89. The minimum Gasteiger partial charge on any atom is -0.385 e. The van der Waals surface area contributed by atoms with Crippen molar-refractivity contribution in [2.75, 3.05) is 46.2 Å². The minimum atomic E-state index is -0.00898. The number of ether oxygens (including phenoxy) is 1. The number of hydrogen-bond acceptors (Lipinski definition) is 3. The van der Waals surface area contributed by atoms with E-state index in [4.69, 9.17) is 4.74 Å². The van der Waals surface area contributed by atoms with E-state index in [0.29, 0.717) is 0 Å². The lowest BCUT2D eigenvalue weighted by atomic mass is 9.83. The maximum Gasteiger partial charge on any atom is 0.321 e. The molecule has 0 atom stereocenters. The number of hydrogen-bond donors (Lipinski definition) is 1. The largest absolute Gasteiger partial charge is 0.385 e. The number of benzene rings is 1. The van der Waals surface area contributed by atoms with Gasteiger partial charge < -0.3 is 19.9 Å². The van der Waals surface area contributed by atoms with Crippen LogP contribution in [0, 0.1) is 0 Å². The first-order valence-corrected chi connectivity index (χ1v) is 7.85. The lowest BCUT2D eigenvalue weighted by molar-refractivity contribution is 0.0389. The van der Waals surface area contributed by atoms with Crippen molar-refractivity contribution in [3.8, 4) is 0 Å². The molecular weight excluding hydrogens is 278 g/mol. The van der Waals surface area contributed by atoms with Crippen LogP contribution in [-0.2, 0) is 4.74 Å². The smallest absolute Gasteiger partial charge is 0.321 e. The Kier molecular flexibility index (Phi) is 5.80. The highest BCUT2D eigenvalue weighted by Gasteiger charge is 2.37. The van der Waals surface area contributed by atoms with Crippen molar-refractivity contribution in [1.82, 2.24) is 9.80 Å². The van der Waals surface area contributed by atoms with Gasteiger partial charge in [-0.15, -0.1) is 0 Å². The van der Waals surface area contributed by atoms with Gasteiger partial charge >= 0.3 is 6.03 Å². The zero-order valence-corrected chi connectivity index (χ0v) is 13.8. The molecule has 1 aromatic carbocycles. The molecule has 1 aliphatic rings. The molecular formula is C17H27N3O2. The molecule has 5 heteroatoms. The molecule has 0 radical (unpaired) electrons. The number of methoxy groups -OCH3 is 1. The second kappa shape index (κ2) is 7.61. The molecule has 0 aliphatic carbocycles. The van der Waals surface area contributed by atoms with Crippen molar-refractivity contribution in [2.45, 2.75) is 24.8 Å². The highest BCUT2D eigenvalue weighted by Crippen LogP contribution is 2.30. The number of likely N-dealkylation sites (tertiary alicyclic amines) is 1. The number of amides is 2. The zero-order chi connectivity index (χ0) is 16.0. The van der Waals surface area contributed by atoms with Gasteiger partial charge in [-0.25, -0.2) is 4.79 Å². The van der Waals surface area contributed by atoms with Gasteiger partial charge in [0.2, 0.25) is 0 Å². The van der Waals surface area contributed by atoms with Crippen LogP contribution in [0.1, 0.15) is 19.3 Å². The number of nitrogens with one attached hydrogen (secondary N) is 1. The Morgan fingerprint density at radius 2 is 1.91 bits per heavy atom. The Bertz CT molecular complexity index is 468. The van der Waals surface area contributed by atoms with Crippen LogP contribution in [0.15, 0.2) is 30.3 Å². The van der Waals surface area contributed by atoms with Crippen LogP contribution in [0.4, 0.5) is 10.5 Å². The third-order valence-electron chi connectivity index (χ3n) is 4.73. The molecule has 2 rings (SSSR count). The van der Waals surface area contributed by atoms with Crippen molar-refractivity contribution < 1.29 is 9.53 Å². The Labute approximate surface area is 133 Å². The molecule has 2 amide bonds. The van der Waals surface area contributed by atoms with Gasteiger partial charge in [0, 0.05) is 38.0 Å². The fourth-order valence-corrected chi connectivity index (χ4v) is 3.06. The fraction of sp³-hybridized carbons (Fsp3) is 0.588. The van der Waals surface area contributed by atoms with Crippen molar-refractivity contribution in [3.05, 3.63) is 30.3 Å². The Hall–Kier alpha value is -1.59. The Morgan fingerprint density at radius 1 is 1.27 bits per heavy atom. The molecule has 122 valence electrons. The SMILES string of the molecule is COCCC1(N(C)C)CCN(C(=O)Nc2ccccc2)CC1.